The Morgan fingerprint density at radius 2 is 1.80 bits per heavy atom. The van der Waals surface area contributed by atoms with E-state index >= 15 is 0 Å². The molecule has 0 spiro atoms. The molecule has 0 radical (unpaired) electrons. The maximum atomic E-state index is 12.5. The molecule has 2 amide bonds. The third-order valence-corrected chi connectivity index (χ3v) is 5.13. The third-order valence-electron chi connectivity index (χ3n) is 4.64. The van der Waals surface area contributed by atoms with E-state index in [4.69, 9.17) is 0 Å². The molecule has 5 heteroatoms. The molecular weight excluding hydrogens is 380 g/mol. The van der Waals surface area contributed by atoms with Crippen molar-refractivity contribution in [2.75, 3.05) is 9.80 Å². The van der Waals surface area contributed by atoms with Gasteiger partial charge in [0, 0.05) is 35.7 Å². The molecule has 130 valence electrons. The molecule has 2 aromatic carbocycles. The van der Waals surface area contributed by atoms with Crippen molar-refractivity contribution in [2.24, 2.45) is 0 Å². The molecular formula is C20H21BrN2O2. The summed E-state index contributed by atoms with van der Waals surface area (Å²) in [6.07, 6.45) is 0.692. The first-order valence-electron chi connectivity index (χ1n) is 8.34. The van der Waals surface area contributed by atoms with Gasteiger partial charge in [0.25, 0.3) is 0 Å². The fourth-order valence-corrected chi connectivity index (χ4v) is 4.08. The third kappa shape index (κ3) is 3.33. The monoisotopic (exact) mass is 400 g/mol. The Hall–Kier alpha value is -2.14. The average molecular weight is 401 g/mol. The molecule has 0 saturated heterocycles. The van der Waals surface area contributed by atoms with Crippen LogP contribution in [0.2, 0.25) is 0 Å². The van der Waals surface area contributed by atoms with Crippen LogP contribution in [0.25, 0.3) is 0 Å². The summed E-state index contributed by atoms with van der Waals surface area (Å²) < 4.78 is 0.936. The van der Waals surface area contributed by atoms with Crippen LogP contribution in [0.4, 0.5) is 11.4 Å². The van der Waals surface area contributed by atoms with Gasteiger partial charge in [-0.1, -0.05) is 34.1 Å². The van der Waals surface area contributed by atoms with Gasteiger partial charge in [0.2, 0.25) is 11.8 Å². The van der Waals surface area contributed by atoms with E-state index in [1.165, 1.54) is 0 Å². The van der Waals surface area contributed by atoms with Gasteiger partial charge in [-0.25, -0.2) is 0 Å². The maximum Gasteiger partial charge on any atom is 0.224 e. The number of carbonyl (C=O) groups excluding carboxylic acids is 2. The molecule has 3 rings (SSSR count). The van der Waals surface area contributed by atoms with E-state index in [0.717, 1.165) is 21.4 Å². The molecule has 1 heterocycles. The highest BCUT2D eigenvalue weighted by molar-refractivity contribution is 9.10. The van der Waals surface area contributed by atoms with Crippen molar-refractivity contribution < 1.29 is 9.59 Å². The van der Waals surface area contributed by atoms with E-state index in [9.17, 15) is 9.59 Å². The van der Waals surface area contributed by atoms with Crippen LogP contribution in [0.1, 0.15) is 38.8 Å². The molecule has 0 aromatic heterocycles. The SMILES string of the molecule is CC(=O)N1c2ccc(Br)cc2[C@H](N(C(C)=O)c2ccccc2)C[C@H]1C. The summed E-state index contributed by atoms with van der Waals surface area (Å²) in [5.41, 5.74) is 2.73. The van der Waals surface area contributed by atoms with E-state index < -0.39 is 0 Å². The second-order valence-electron chi connectivity index (χ2n) is 6.42. The van der Waals surface area contributed by atoms with E-state index in [-0.39, 0.29) is 23.9 Å². The van der Waals surface area contributed by atoms with Gasteiger partial charge in [-0.15, -0.1) is 0 Å². The summed E-state index contributed by atoms with van der Waals surface area (Å²) in [7, 11) is 0. The Morgan fingerprint density at radius 3 is 2.40 bits per heavy atom. The number of benzene rings is 2. The van der Waals surface area contributed by atoms with Gasteiger partial charge in [-0.2, -0.15) is 0 Å². The van der Waals surface area contributed by atoms with E-state index in [2.05, 4.69) is 15.9 Å². The number of nitrogens with zero attached hydrogens (tertiary/aromatic N) is 2. The largest absolute Gasteiger partial charge is 0.309 e. The van der Waals surface area contributed by atoms with Crippen LogP contribution < -0.4 is 9.80 Å². The van der Waals surface area contributed by atoms with Gasteiger partial charge in [0.15, 0.2) is 0 Å². The van der Waals surface area contributed by atoms with Crippen molar-refractivity contribution >= 4 is 39.1 Å². The zero-order valence-electron chi connectivity index (χ0n) is 14.6. The number of anilines is 2. The van der Waals surface area contributed by atoms with Crippen LogP contribution in [0.15, 0.2) is 53.0 Å². The summed E-state index contributed by atoms with van der Waals surface area (Å²) in [6.45, 7) is 5.21. The second kappa shape index (κ2) is 7.00. The van der Waals surface area contributed by atoms with Crippen LogP contribution in [-0.4, -0.2) is 17.9 Å². The number of hydrogen-bond acceptors (Lipinski definition) is 2. The van der Waals surface area contributed by atoms with Crippen LogP contribution in [0, 0.1) is 0 Å². The molecule has 2 aromatic rings. The number of hydrogen-bond donors (Lipinski definition) is 0. The minimum Gasteiger partial charge on any atom is -0.309 e. The minimum absolute atomic E-state index is 0.00870. The summed E-state index contributed by atoms with van der Waals surface area (Å²) >= 11 is 3.53. The van der Waals surface area contributed by atoms with E-state index in [1.54, 1.807) is 13.8 Å². The van der Waals surface area contributed by atoms with Crippen molar-refractivity contribution in [1.29, 1.82) is 0 Å². The fraction of sp³-hybridized carbons (Fsp3) is 0.300. The lowest BCUT2D eigenvalue weighted by atomic mass is 9.90. The normalized spacial score (nSPS) is 19.3. The first-order chi connectivity index (χ1) is 11.9. The number of halogens is 1. The second-order valence-corrected chi connectivity index (χ2v) is 7.33. The Labute approximate surface area is 156 Å². The van der Waals surface area contributed by atoms with Gasteiger partial charge in [-0.05, 0) is 49.2 Å². The van der Waals surface area contributed by atoms with Gasteiger partial charge in [0.05, 0.1) is 6.04 Å². The van der Waals surface area contributed by atoms with Crippen LogP contribution in [0.5, 0.6) is 0 Å². The standard InChI is InChI=1S/C20H21BrN2O2/c1-13-11-20(23(15(3)25)17-7-5-4-6-8-17)18-12-16(21)9-10-19(18)22(13)14(2)24/h4-10,12-13,20H,11H2,1-3H3/t13-,20-/m1/s1. The summed E-state index contributed by atoms with van der Waals surface area (Å²) in [6, 6.07) is 15.5. The number of carbonyl (C=O) groups is 2. The molecule has 0 aliphatic carbocycles. The lowest BCUT2D eigenvalue weighted by molar-refractivity contribution is -0.117. The topological polar surface area (TPSA) is 40.6 Å². The number of para-hydroxylation sites is 1. The molecule has 25 heavy (non-hydrogen) atoms. The van der Waals surface area contributed by atoms with Crippen molar-refractivity contribution in [3.63, 3.8) is 0 Å². The molecule has 0 bridgehead atoms. The quantitative estimate of drug-likeness (QED) is 0.733. The molecule has 0 N–H and O–H groups in total. The average Bonchev–Trinajstić information content (AvgIpc) is 2.55. The number of rotatable bonds is 2. The van der Waals surface area contributed by atoms with Crippen molar-refractivity contribution in [1.82, 2.24) is 0 Å². The van der Waals surface area contributed by atoms with Crippen molar-refractivity contribution in [2.45, 2.75) is 39.3 Å². The number of amides is 2. The highest BCUT2D eigenvalue weighted by Gasteiger charge is 2.36. The fourth-order valence-electron chi connectivity index (χ4n) is 3.70. The van der Waals surface area contributed by atoms with Crippen LogP contribution >= 0.6 is 15.9 Å². The Bertz CT molecular complexity index is 807. The highest BCUT2D eigenvalue weighted by Crippen LogP contribution is 2.43. The predicted octanol–water partition coefficient (Wildman–Crippen LogP) is 4.69. The smallest absolute Gasteiger partial charge is 0.224 e. The highest BCUT2D eigenvalue weighted by atomic mass is 79.9. The molecule has 2 atom stereocenters. The molecule has 1 aliphatic heterocycles. The zero-order valence-corrected chi connectivity index (χ0v) is 16.2. The molecule has 0 fully saturated rings. The van der Waals surface area contributed by atoms with Crippen molar-refractivity contribution in [3.8, 4) is 0 Å². The van der Waals surface area contributed by atoms with Gasteiger partial charge in [0.1, 0.15) is 0 Å². The van der Waals surface area contributed by atoms with Gasteiger partial charge < -0.3 is 9.80 Å². The first-order valence-corrected chi connectivity index (χ1v) is 9.13. The van der Waals surface area contributed by atoms with Crippen LogP contribution in [0.3, 0.4) is 0 Å². The lowest BCUT2D eigenvalue weighted by Crippen LogP contribution is -2.46. The first kappa shape index (κ1) is 17.7. The summed E-state index contributed by atoms with van der Waals surface area (Å²) in [4.78, 5) is 28.3. The van der Waals surface area contributed by atoms with E-state index in [0.29, 0.717) is 6.42 Å². The summed E-state index contributed by atoms with van der Waals surface area (Å²) in [5, 5.41) is 0. The maximum absolute atomic E-state index is 12.5. The Balaban J connectivity index is 2.15. The van der Waals surface area contributed by atoms with E-state index in [1.807, 2.05) is 65.3 Å². The predicted molar refractivity (Wildman–Crippen MR) is 104 cm³/mol. The molecule has 1 aliphatic rings. The Morgan fingerprint density at radius 1 is 1.12 bits per heavy atom. The molecule has 4 nitrogen and oxygen atoms in total. The molecule has 0 saturated carbocycles. The van der Waals surface area contributed by atoms with Gasteiger partial charge >= 0.3 is 0 Å². The Kier molecular flexibility index (Phi) is 4.95. The summed E-state index contributed by atoms with van der Waals surface area (Å²) in [5.74, 6) is 0.00853. The van der Waals surface area contributed by atoms with Crippen molar-refractivity contribution in [3.05, 3.63) is 58.6 Å². The molecule has 0 unspecified atom stereocenters. The van der Waals surface area contributed by atoms with Gasteiger partial charge in [-0.3, -0.25) is 9.59 Å². The van der Waals surface area contributed by atoms with Crippen LogP contribution in [-0.2, 0) is 9.59 Å². The minimum atomic E-state index is -0.113. The zero-order chi connectivity index (χ0) is 18.1. The lowest BCUT2D eigenvalue weighted by Gasteiger charge is -2.43. The number of fused-ring (bicyclic) bond motifs is 1.